The molecule has 0 bridgehead atoms. The largest absolute Gasteiger partial charge is 0.399 e. The predicted octanol–water partition coefficient (Wildman–Crippen LogP) is 1.47. The van der Waals surface area contributed by atoms with E-state index >= 15 is 0 Å². The molecule has 16 heavy (non-hydrogen) atoms. The Hall–Kier alpha value is -1.43. The molecule has 0 saturated heterocycles. The average Bonchev–Trinajstić information content (AvgIpc) is 2.16. The van der Waals surface area contributed by atoms with Gasteiger partial charge in [-0.25, -0.2) is 13.2 Å². The lowest BCUT2D eigenvalue weighted by atomic mass is 10.2. The number of aliphatic hydroxyl groups is 1. The Morgan fingerprint density at radius 2 is 2.06 bits per heavy atom. The van der Waals surface area contributed by atoms with Crippen LogP contribution in [-0.4, -0.2) is 31.2 Å². The highest BCUT2D eigenvalue weighted by molar-refractivity contribution is 5.54. The number of halogens is 3. The van der Waals surface area contributed by atoms with Crippen molar-refractivity contribution in [3.8, 4) is 0 Å². The van der Waals surface area contributed by atoms with Crippen molar-refractivity contribution in [3.63, 3.8) is 0 Å². The monoisotopic (exact) mass is 234 g/mol. The highest BCUT2D eigenvalue weighted by Crippen LogP contribution is 2.22. The van der Waals surface area contributed by atoms with Gasteiger partial charge in [-0.05, 0) is 18.2 Å². The lowest BCUT2D eigenvalue weighted by molar-refractivity contribution is 0.152. The molecule has 0 amide bonds. The van der Waals surface area contributed by atoms with E-state index in [2.05, 4.69) is 0 Å². The molecule has 1 aromatic carbocycles. The van der Waals surface area contributed by atoms with Crippen LogP contribution >= 0.6 is 0 Å². The maximum atomic E-state index is 13.4. The fourth-order valence-corrected chi connectivity index (χ4v) is 1.38. The highest BCUT2D eigenvalue weighted by atomic mass is 19.3. The molecule has 0 aliphatic heterocycles. The Balaban J connectivity index is 2.91. The van der Waals surface area contributed by atoms with Gasteiger partial charge in [-0.3, -0.25) is 0 Å². The third kappa shape index (κ3) is 3.30. The van der Waals surface area contributed by atoms with Gasteiger partial charge >= 0.3 is 0 Å². The van der Waals surface area contributed by atoms with Crippen molar-refractivity contribution in [2.75, 3.05) is 30.3 Å². The van der Waals surface area contributed by atoms with Crippen LogP contribution in [-0.2, 0) is 0 Å². The molecule has 3 nitrogen and oxygen atoms in total. The molecule has 1 aromatic rings. The van der Waals surface area contributed by atoms with Crippen LogP contribution in [0.2, 0.25) is 0 Å². The van der Waals surface area contributed by atoms with Crippen molar-refractivity contribution in [2.45, 2.75) is 6.43 Å². The van der Waals surface area contributed by atoms with E-state index in [0.29, 0.717) is 0 Å². The van der Waals surface area contributed by atoms with Gasteiger partial charge in [-0.1, -0.05) is 0 Å². The number of nitrogens with zero attached hydrogens (tertiary/aromatic N) is 1. The van der Waals surface area contributed by atoms with Gasteiger partial charge in [0.05, 0.1) is 18.8 Å². The van der Waals surface area contributed by atoms with Crippen molar-refractivity contribution in [3.05, 3.63) is 24.0 Å². The molecule has 0 aliphatic rings. The number of nitrogen functional groups attached to an aromatic ring is 1. The predicted molar refractivity (Wildman–Crippen MR) is 56.1 cm³/mol. The zero-order valence-electron chi connectivity index (χ0n) is 8.54. The van der Waals surface area contributed by atoms with Gasteiger partial charge in [-0.2, -0.15) is 0 Å². The second-order valence-electron chi connectivity index (χ2n) is 3.27. The van der Waals surface area contributed by atoms with Gasteiger partial charge in [0.2, 0.25) is 0 Å². The van der Waals surface area contributed by atoms with Crippen LogP contribution in [0, 0.1) is 5.82 Å². The fourth-order valence-electron chi connectivity index (χ4n) is 1.38. The minimum atomic E-state index is -2.59. The molecular formula is C10H13F3N2O. The van der Waals surface area contributed by atoms with E-state index in [1.165, 1.54) is 12.1 Å². The summed E-state index contributed by atoms with van der Waals surface area (Å²) in [5.41, 5.74) is 5.59. The summed E-state index contributed by atoms with van der Waals surface area (Å²) < 4.78 is 37.9. The van der Waals surface area contributed by atoms with Crippen LogP contribution in [0.4, 0.5) is 24.5 Å². The lowest BCUT2D eigenvalue weighted by Gasteiger charge is -2.24. The van der Waals surface area contributed by atoms with Crippen LogP contribution in [0.3, 0.4) is 0 Å². The van der Waals surface area contributed by atoms with Crippen molar-refractivity contribution >= 4 is 11.4 Å². The molecule has 90 valence electrons. The fraction of sp³-hybridized carbons (Fsp3) is 0.400. The van der Waals surface area contributed by atoms with E-state index in [4.69, 9.17) is 10.8 Å². The number of rotatable bonds is 5. The maximum absolute atomic E-state index is 13.4. The summed E-state index contributed by atoms with van der Waals surface area (Å²) in [5.74, 6) is -0.672. The smallest absolute Gasteiger partial charge is 0.255 e. The molecule has 0 aliphatic carbocycles. The first-order valence-electron chi connectivity index (χ1n) is 4.73. The van der Waals surface area contributed by atoms with Crippen LogP contribution in [0.5, 0.6) is 0 Å². The summed E-state index contributed by atoms with van der Waals surface area (Å²) in [6.07, 6.45) is -2.59. The molecule has 0 atom stereocenters. The molecule has 3 N–H and O–H groups in total. The van der Waals surface area contributed by atoms with Gasteiger partial charge < -0.3 is 15.7 Å². The number of benzene rings is 1. The van der Waals surface area contributed by atoms with E-state index in [1.54, 1.807) is 0 Å². The number of aliphatic hydroxyl groups excluding tert-OH is 1. The van der Waals surface area contributed by atoms with E-state index in [0.717, 1.165) is 11.0 Å². The third-order valence-corrected chi connectivity index (χ3v) is 2.04. The quantitative estimate of drug-likeness (QED) is 0.758. The average molecular weight is 234 g/mol. The van der Waals surface area contributed by atoms with Crippen molar-refractivity contribution in [1.29, 1.82) is 0 Å². The second kappa shape index (κ2) is 5.60. The topological polar surface area (TPSA) is 49.5 Å². The number of nitrogens with two attached hydrogens (primary N) is 1. The number of anilines is 2. The zero-order chi connectivity index (χ0) is 12.1. The van der Waals surface area contributed by atoms with Gasteiger partial charge in [0.25, 0.3) is 6.43 Å². The summed E-state index contributed by atoms with van der Waals surface area (Å²) in [4.78, 5) is 1.08. The Morgan fingerprint density at radius 1 is 1.38 bits per heavy atom. The molecule has 6 heteroatoms. The first kappa shape index (κ1) is 12.6. The molecule has 0 aromatic heterocycles. The van der Waals surface area contributed by atoms with Gasteiger partial charge in [0.1, 0.15) is 5.82 Å². The third-order valence-electron chi connectivity index (χ3n) is 2.04. The van der Waals surface area contributed by atoms with Crippen LogP contribution < -0.4 is 10.6 Å². The number of alkyl halides is 2. The number of hydrogen-bond acceptors (Lipinski definition) is 3. The number of hydrogen-bond donors (Lipinski definition) is 2. The van der Waals surface area contributed by atoms with Crippen molar-refractivity contribution in [2.24, 2.45) is 0 Å². The Kier molecular flexibility index (Phi) is 4.42. The standard InChI is InChI=1S/C10H13F3N2O/c11-8-5-7(14)1-2-9(8)15(3-4-16)6-10(12)13/h1-2,5,10,16H,3-4,6,14H2. The second-order valence-corrected chi connectivity index (χ2v) is 3.27. The molecule has 0 saturated carbocycles. The first-order valence-corrected chi connectivity index (χ1v) is 4.73. The molecule has 0 radical (unpaired) electrons. The van der Waals surface area contributed by atoms with E-state index in [1.807, 2.05) is 0 Å². The molecule has 0 spiro atoms. The lowest BCUT2D eigenvalue weighted by Crippen LogP contribution is -2.32. The van der Waals surface area contributed by atoms with Gasteiger partial charge in [0, 0.05) is 12.2 Å². The minimum Gasteiger partial charge on any atom is -0.399 e. The Bertz CT molecular complexity index is 347. The summed E-state index contributed by atoms with van der Waals surface area (Å²) in [5, 5.41) is 8.72. The van der Waals surface area contributed by atoms with Crippen LogP contribution in [0.1, 0.15) is 0 Å². The maximum Gasteiger partial charge on any atom is 0.255 e. The zero-order valence-corrected chi connectivity index (χ0v) is 8.54. The Morgan fingerprint density at radius 3 is 2.56 bits per heavy atom. The summed E-state index contributed by atoms with van der Waals surface area (Å²) in [6, 6.07) is 3.81. The van der Waals surface area contributed by atoms with E-state index in [9.17, 15) is 13.2 Å². The van der Waals surface area contributed by atoms with Crippen LogP contribution in [0.25, 0.3) is 0 Å². The molecule has 0 fully saturated rings. The molecule has 0 heterocycles. The normalized spacial score (nSPS) is 10.8. The Labute approximate surface area is 91.3 Å². The SMILES string of the molecule is Nc1ccc(N(CCO)CC(F)F)c(F)c1. The van der Waals surface area contributed by atoms with Gasteiger partial charge in [0.15, 0.2) is 0 Å². The van der Waals surface area contributed by atoms with E-state index < -0.39 is 18.8 Å². The molecule has 1 rings (SSSR count). The van der Waals surface area contributed by atoms with E-state index in [-0.39, 0.29) is 24.5 Å². The first-order chi connectivity index (χ1) is 7.54. The molecule has 0 unspecified atom stereocenters. The van der Waals surface area contributed by atoms with Gasteiger partial charge in [-0.15, -0.1) is 0 Å². The summed E-state index contributed by atoms with van der Waals surface area (Å²) in [7, 11) is 0. The summed E-state index contributed by atoms with van der Waals surface area (Å²) in [6.45, 7) is -0.997. The summed E-state index contributed by atoms with van der Waals surface area (Å²) >= 11 is 0. The minimum absolute atomic E-state index is 0.0172. The molecular weight excluding hydrogens is 221 g/mol. The van der Waals surface area contributed by atoms with Crippen molar-refractivity contribution < 1.29 is 18.3 Å². The van der Waals surface area contributed by atoms with Crippen LogP contribution in [0.15, 0.2) is 18.2 Å². The highest BCUT2D eigenvalue weighted by Gasteiger charge is 2.15. The van der Waals surface area contributed by atoms with Crippen molar-refractivity contribution in [1.82, 2.24) is 0 Å².